The van der Waals surface area contributed by atoms with Crippen LogP contribution in [0.1, 0.15) is 45.1 Å². The molecule has 0 fully saturated rings. The average molecular weight is 693 g/mol. The molecule has 1 N–H and O–H groups in total. The van der Waals surface area contributed by atoms with Crippen molar-refractivity contribution in [2.24, 2.45) is 9.98 Å². The molecule has 5 nitrogen and oxygen atoms in total. The molecule has 0 saturated heterocycles. The van der Waals surface area contributed by atoms with E-state index in [0.29, 0.717) is 0 Å². The first kappa shape index (κ1) is 30.5. The van der Waals surface area contributed by atoms with Crippen LogP contribution in [0.15, 0.2) is 192 Å². The Kier molecular flexibility index (Phi) is 6.76. The number of amidine groups is 2. The number of fused-ring (bicyclic) bond motifs is 11. The van der Waals surface area contributed by atoms with Crippen molar-refractivity contribution < 1.29 is 4.74 Å². The van der Waals surface area contributed by atoms with Crippen LogP contribution in [0.2, 0.25) is 0 Å². The number of nitrogens with one attached hydrogen (secondary N) is 1. The molecule has 1 aliphatic carbocycles. The number of rotatable bonds is 4. The molecule has 0 saturated carbocycles. The van der Waals surface area contributed by atoms with E-state index in [4.69, 9.17) is 19.7 Å². The molecule has 7 aromatic carbocycles. The minimum absolute atomic E-state index is 0.405. The molecule has 2 unspecified atom stereocenters. The smallest absolute Gasteiger partial charge is 0.169 e. The summed E-state index contributed by atoms with van der Waals surface area (Å²) in [6.07, 6.45) is -0.405. The fraction of sp³-hybridized carbons (Fsp3) is 0.0408. The van der Waals surface area contributed by atoms with E-state index in [1.807, 2.05) is 36.4 Å². The van der Waals surface area contributed by atoms with Gasteiger partial charge in [0.15, 0.2) is 6.17 Å². The van der Waals surface area contributed by atoms with E-state index < -0.39 is 11.6 Å². The van der Waals surface area contributed by atoms with Gasteiger partial charge in [-0.3, -0.25) is 0 Å². The maximum Gasteiger partial charge on any atom is 0.169 e. The van der Waals surface area contributed by atoms with E-state index in [1.165, 1.54) is 16.5 Å². The summed E-state index contributed by atoms with van der Waals surface area (Å²) in [5.74, 6) is 3.18. The molecular weight excluding hydrogens is 661 g/mol. The fourth-order valence-corrected chi connectivity index (χ4v) is 8.67. The number of benzene rings is 7. The third-order valence-corrected chi connectivity index (χ3v) is 11.0. The maximum atomic E-state index is 6.82. The van der Waals surface area contributed by atoms with E-state index in [2.05, 4.69) is 151 Å². The zero-order valence-corrected chi connectivity index (χ0v) is 29.1. The van der Waals surface area contributed by atoms with Crippen LogP contribution in [0, 0.1) is 0 Å². The van der Waals surface area contributed by atoms with Crippen molar-refractivity contribution in [2.75, 3.05) is 0 Å². The van der Waals surface area contributed by atoms with E-state index >= 15 is 0 Å². The third-order valence-electron chi connectivity index (χ3n) is 11.0. The molecule has 3 heterocycles. The van der Waals surface area contributed by atoms with Gasteiger partial charge in [-0.1, -0.05) is 158 Å². The normalized spacial score (nSPS) is 17.7. The molecule has 8 aromatic rings. The second-order valence-electron chi connectivity index (χ2n) is 13.9. The number of hydrogen-bond donors (Lipinski definition) is 1. The summed E-state index contributed by atoms with van der Waals surface area (Å²) in [6.45, 7) is 0. The van der Waals surface area contributed by atoms with Crippen LogP contribution in [0.25, 0.3) is 33.3 Å². The first-order chi connectivity index (χ1) is 26.8. The highest BCUT2D eigenvalue weighted by molar-refractivity contribution is 6.16. The van der Waals surface area contributed by atoms with Gasteiger partial charge in [-0.2, -0.15) is 0 Å². The molecule has 0 amide bonds. The molecule has 1 aromatic heterocycles. The summed E-state index contributed by atoms with van der Waals surface area (Å²) in [5.41, 5.74) is 10.9. The van der Waals surface area contributed by atoms with Crippen LogP contribution < -0.4 is 10.1 Å². The Bertz CT molecular complexity index is 2830. The van der Waals surface area contributed by atoms with Crippen molar-refractivity contribution in [3.63, 3.8) is 0 Å². The molecule has 2 atom stereocenters. The first-order valence-corrected chi connectivity index (χ1v) is 18.3. The third kappa shape index (κ3) is 4.48. The lowest BCUT2D eigenvalue weighted by atomic mass is 9.65. The van der Waals surface area contributed by atoms with Gasteiger partial charge in [0.05, 0.1) is 16.8 Å². The number of pyridine rings is 1. The summed E-state index contributed by atoms with van der Waals surface area (Å²) < 4.78 is 6.82. The molecule has 3 aliphatic rings. The number of ether oxygens (including phenoxy) is 1. The number of aliphatic imine (C=N–C) groups is 2. The number of para-hydroxylation sites is 1. The first-order valence-electron chi connectivity index (χ1n) is 18.3. The average Bonchev–Trinajstić information content (AvgIpc) is 3.55. The lowest BCUT2D eigenvalue weighted by Crippen LogP contribution is -2.37. The number of nitrogens with zero attached hydrogens (tertiary/aromatic N) is 3. The van der Waals surface area contributed by atoms with Crippen LogP contribution in [-0.4, -0.2) is 16.7 Å². The fourth-order valence-electron chi connectivity index (χ4n) is 8.67. The van der Waals surface area contributed by atoms with Gasteiger partial charge in [0, 0.05) is 44.3 Å². The van der Waals surface area contributed by atoms with Gasteiger partial charge >= 0.3 is 0 Å². The Morgan fingerprint density at radius 1 is 0.463 bits per heavy atom. The summed E-state index contributed by atoms with van der Waals surface area (Å²) in [6, 6.07) is 63.5. The molecule has 54 heavy (non-hydrogen) atoms. The second kappa shape index (κ2) is 12.0. The summed E-state index contributed by atoms with van der Waals surface area (Å²) in [7, 11) is 0. The van der Waals surface area contributed by atoms with Crippen LogP contribution in [-0.2, 0) is 5.41 Å². The predicted molar refractivity (Wildman–Crippen MR) is 216 cm³/mol. The van der Waals surface area contributed by atoms with E-state index in [9.17, 15) is 0 Å². The highest BCUT2D eigenvalue weighted by Gasteiger charge is 2.53. The van der Waals surface area contributed by atoms with Gasteiger partial charge in [0.1, 0.15) is 23.2 Å². The summed E-state index contributed by atoms with van der Waals surface area (Å²) in [4.78, 5) is 15.9. The molecule has 1 spiro atoms. The summed E-state index contributed by atoms with van der Waals surface area (Å²) >= 11 is 0. The zero-order chi connectivity index (χ0) is 35.6. The minimum Gasteiger partial charge on any atom is -0.457 e. The van der Waals surface area contributed by atoms with Gasteiger partial charge < -0.3 is 10.1 Å². The Morgan fingerprint density at radius 3 is 1.83 bits per heavy atom. The zero-order valence-electron chi connectivity index (χ0n) is 29.1. The van der Waals surface area contributed by atoms with Gasteiger partial charge in [0.2, 0.25) is 0 Å². The SMILES string of the molecule is c1ccc(C2=NC(c3ccccc3)N=C(c3ccc4c(c3)C3(c5ccccc5O4)c4ccccc4-c4nc(-c5ccccc5)c5ccccc5c43)N2)cc1. The topological polar surface area (TPSA) is 58.9 Å². The number of aromatic nitrogens is 1. The van der Waals surface area contributed by atoms with E-state index in [1.54, 1.807) is 0 Å². The highest BCUT2D eigenvalue weighted by Crippen LogP contribution is 2.63. The van der Waals surface area contributed by atoms with Crippen molar-refractivity contribution in [3.8, 4) is 34.0 Å². The molecule has 0 radical (unpaired) electrons. The van der Waals surface area contributed by atoms with Crippen molar-refractivity contribution in [1.29, 1.82) is 0 Å². The van der Waals surface area contributed by atoms with Crippen LogP contribution >= 0.6 is 0 Å². The van der Waals surface area contributed by atoms with Crippen LogP contribution in [0.3, 0.4) is 0 Å². The van der Waals surface area contributed by atoms with Gasteiger partial charge in [-0.25, -0.2) is 15.0 Å². The van der Waals surface area contributed by atoms with Crippen LogP contribution in [0.4, 0.5) is 0 Å². The molecule has 0 bridgehead atoms. The predicted octanol–water partition coefficient (Wildman–Crippen LogP) is 10.9. The van der Waals surface area contributed by atoms with E-state index in [-0.39, 0.29) is 0 Å². The number of hydrogen-bond acceptors (Lipinski definition) is 5. The largest absolute Gasteiger partial charge is 0.457 e. The minimum atomic E-state index is -0.724. The molecule has 5 heteroatoms. The van der Waals surface area contributed by atoms with Crippen molar-refractivity contribution in [2.45, 2.75) is 11.6 Å². The Labute approximate surface area is 313 Å². The Hall–Kier alpha value is -7.11. The monoisotopic (exact) mass is 692 g/mol. The molecule has 2 aliphatic heterocycles. The van der Waals surface area contributed by atoms with Crippen molar-refractivity contribution >= 4 is 22.4 Å². The lowest BCUT2D eigenvalue weighted by Gasteiger charge is -2.40. The highest BCUT2D eigenvalue weighted by atomic mass is 16.5. The molecule has 254 valence electrons. The van der Waals surface area contributed by atoms with Crippen molar-refractivity contribution in [3.05, 3.63) is 221 Å². The van der Waals surface area contributed by atoms with Crippen molar-refractivity contribution in [1.82, 2.24) is 10.3 Å². The lowest BCUT2D eigenvalue weighted by molar-refractivity contribution is 0.437. The quantitative estimate of drug-likeness (QED) is 0.200. The van der Waals surface area contributed by atoms with Gasteiger partial charge in [0.25, 0.3) is 0 Å². The maximum absolute atomic E-state index is 6.82. The summed E-state index contributed by atoms with van der Waals surface area (Å²) in [5, 5.41) is 5.91. The second-order valence-corrected chi connectivity index (χ2v) is 13.9. The van der Waals surface area contributed by atoms with Gasteiger partial charge in [-0.05, 0) is 40.8 Å². The Balaban J connectivity index is 1.19. The Morgan fingerprint density at radius 2 is 1.06 bits per heavy atom. The van der Waals surface area contributed by atoms with E-state index in [0.717, 1.165) is 78.9 Å². The standard InChI is InChI=1S/C49H32N4O/c1-4-16-31(17-5-1)44-36-23-11-10-22-35(36)43-45(50-44)37-24-12-13-25-38(37)49(43)39-26-14-15-27-41(39)54-42-29-28-34(30-40(42)49)48-52-46(32-18-6-2-7-19-32)51-47(53-48)33-20-8-3-9-21-33/h1-30,46H,(H,51,52,53). The van der Waals surface area contributed by atoms with Crippen LogP contribution in [0.5, 0.6) is 11.5 Å². The molecular formula is C49H32N4O. The molecule has 11 rings (SSSR count). The van der Waals surface area contributed by atoms with Gasteiger partial charge in [-0.15, -0.1) is 0 Å².